The number of hydrogen-bond donors (Lipinski definition) is 1. The molecule has 0 bridgehead atoms. The first kappa shape index (κ1) is 22.0. The zero-order valence-electron chi connectivity index (χ0n) is 18.3. The third-order valence-corrected chi connectivity index (χ3v) is 7.82. The van der Waals surface area contributed by atoms with E-state index in [1.54, 1.807) is 12.1 Å². The van der Waals surface area contributed by atoms with E-state index in [4.69, 9.17) is 4.74 Å². The summed E-state index contributed by atoms with van der Waals surface area (Å²) < 4.78 is 33.6. The second kappa shape index (κ2) is 8.76. The lowest BCUT2D eigenvalue weighted by Gasteiger charge is -2.35. The maximum absolute atomic E-state index is 13.6. The van der Waals surface area contributed by atoms with Crippen molar-refractivity contribution in [1.82, 2.24) is 4.31 Å². The first-order chi connectivity index (χ1) is 15.3. The van der Waals surface area contributed by atoms with E-state index in [1.165, 1.54) is 23.5 Å². The fourth-order valence-corrected chi connectivity index (χ4v) is 5.47. The van der Waals surface area contributed by atoms with Gasteiger partial charge in [0.2, 0.25) is 15.9 Å². The summed E-state index contributed by atoms with van der Waals surface area (Å²) in [5.74, 6) is 0.219. The van der Waals surface area contributed by atoms with Gasteiger partial charge in [-0.1, -0.05) is 30.3 Å². The number of carbonyl (C=O) groups is 1. The van der Waals surface area contributed by atoms with Crippen molar-refractivity contribution < 1.29 is 17.9 Å². The number of sulfonamides is 1. The van der Waals surface area contributed by atoms with E-state index in [2.05, 4.69) is 5.32 Å². The summed E-state index contributed by atoms with van der Waals surface area (Å²) in [6.45, 7) is 4.11. The van der Waals surface area contributed by atoms with Crippen molar-refractivity contribution in [3.8, 4) is 5.75 Å². The summed E-state index contributed by atoms with van der Waals surface area (Å²) in [5, 5.41) is 2.92. The summed E-state index contributed by atoms with van der Waals surface area (Å²) in [7, 11) is -2.39. The number of nitrogens with one attached hydrogen (secondary N) is 1. The predicted octanol–water partition coefficient (Wildman–Crippen LogP) is 4.07. The number of rotatable bonds is 5. The highest BCUT2D eigenvalue weighted by atomic mass is 32.2. The molecule has 1 aliphatic heterocycles. The normalized spacial score (nSPS) is 16.3. The molecule has 4 rings (SSSR count). The van der Waals surface area contributed by atoms with E-state index in [-0.39, 0.29) is 17.3 Å². The molecule has 0 aromatic heterocycles. The number of anilines is 1. The number of methoxy groups -OCH3 is 1. The highest BCUT2D eigenvalue weighted by Crippen LogP contribution is 2.30. The lowest BCUT2D eigenvalue weighted by molar-refractivity contribution is -0.120. The van der Waals surface area contributed by atoms with E-state index in [9.17, 15) is 13.2 Å². The molecule has 7 heteroatoms. The van der Waals surface area contributed by atoms with Crippen molar-refractivity contribution in [1.29, 1.82) is 0 Å². The van der Waals surface area contributed by atoms with Crippen LogP contribution in [-0.4, -0.2) is 31.8 Å². The average Bonchev–Trinajstić information content (AvgIpc) is 2.80. The van der Waals surface area contributed by atoms with Crippen molar-refractivity contribution >= 4 is 21.6 Å². The molecule has 166 valence electrons. The molecule has 1 atom stereocenters. The monoisotopic (exact) mass is 450 g/mol. The molecule has 6 nitrogen and oxygen atoms in total. The largest absolute Gasteiger partial charge is 0.497 e. The summed E-state index contributed by atoms with van der Waals surface area (Å²) in [4.78, 5) is 13.5. The van der Waals surface area contributed by atoms with Crippen molar-refractivity contribution in [3.63, 3.8) is 0 Å². The molecule has 0 radical (unpaired) electrons. The van der Waals surface area contributed by atoms with Gasteiger partial charge in [0.1, 0.15) is 11.8 Å². The maximum Gasteiger partial charge on any atom is 0.244 e. The van der Waals surface area contributed by atoms with Gasteiger partial charge in [-0.05, 0) is 78.9 Å². The van der Waals surface area contributed by atoms with Crippen molar-refractivity contribution in [2.75, 3.05) is 12.4 Å². The Morgan fingerprint density at radius 2 is 1.66 bits per heavy atom. The van der Waals surface area contributed by atoms with Crippen molar-refractivity contribution in [2.24, 2.45) is 0 Å². The zero-order chi connectivity index (χ0) is 22.9. The Hall–Kier alpha value is -3.16. The van der Waals surface area contributed by atoms with Gasteiger partial charge in [-0.15, -0.1) is 0 Å². The van der Waals surface area contributed by atoms with Gasteiger partial charge in [0, 0.05) is 12.2 Å². The number of hydrogen-bond acceptors (Lipinski definition) is 4. The van der Waals surface area contributed by atoms with Crippen LogP contribution in [0.5, 0.6) is 5.75 Å². The topological polar surface area (TPSA) is 75.7 Å². The molecule has 1 N–H and O–H groups in total. The van der Waals surface area contributed by atoms with Crippen LogP contribution in [0, 0.1) is 13.8 Å². The minimum Gasteiger partial charge on any atom is -0.497 e. The van der Waals surface area contributed by atoms with Gasteiger partial charge < -0.3 is 10.1 Å². The van der Waals surface area contributed by atoms with Gasteiger partial charge in [-0.25, -0.2) is 8.42 Å². The van der Waals surface area contributed by atoms with E-state index in [1.807, 2.05) is 56.3 Å². The Bertz CT molecular complexity index is 1250. The fourth-order valence-electron chi connectivity index (χ4n) is 3.90. The maximum atomic E-state index is 13.6. The van der Waals surface area contributed by atoms with Gasteiger partial charge in [0.15, 0.2) is 0 Å². The zero-order valence-corrected chi connectivity index (χ0v) is 19.1. The Balaban J connectivity index is 1.70. The highest BCUT2D eigenvalue weighted by molar-refractivity contribution is 7.89. The van der Waals surface area contributed by atoms with Crippen LogP contribution in [0.3, 0.4) is 0 Å². The van der Waals surface area contributed by atoms with Crippen LogP contribution in [-0.2, 0) is 27.8 Å². The quantitative estimate of drug-likeness (QED) is 0.636. The number of ether oxygens (including phenoxy) is 1. The third kappa shape index (κ3) is 4.26. The van der Waals surface area contributed by atoms with Crippen LogP contribution in [0.1, 0.15) is 22.3 Å². The molecule has 0 saturated heterocycles. The molecular weight excluding hydrogens is 424 g/mol. The van der Waals surface area contributed by atoms with Gasteiger partial charge >= 0.3 is 0 Å². The van der Waals surface area contributed by atoms with Crippen LogP contribution >= 0.6 is 0 Å². The van der Waals surface area contributed by atoms with Crippen LogP contribution in [0.2, 0.25) is 0 Å². The van der Waals surface area contributed by atoms with Crippen LogP contribution < -0.4 is 10.1 Å². The second-order valence-corrected chi connectivity index (χ2v) is 9.89. The standard InChI is InChI=1S/C25H26N2O4S/c1-17-8-9-21(14-18(17)2)26-25(28)24-15-19-6-4-5-7-20(19)16-27(24)32(29,30)23-12-10-22(31-3)11-13-23/h4-14,24H,15-16H2,1-3H3,(H,26,28)/t24-/m1/s1. The first-order valence-electron chi connectivity index (χ1n) is 10.4. The Morgan fingerprint density at radius 1 is 0.969 bits per heavy atom. The predicted molar refractivity (Wildman–Crippen MR) is 124 cm³/mol. The summed E-state index contributed by atoms with van der Waals surface area (Å²) in [6.07, 6.45) is 0.308. The van der Waals surface area contributed by atoms with E-state index >= 15 is 0 Å². The van der Waals surface area contributed by atoms with Crippen LogP contribution in [0.4, 0.5) is 5.69 Å². The molecule has 3 aromatic carbocycles. The molecule has 0 spiro atoms. The minimum atomic E-state index is -3.91. The molecule has 32 heavy (non-hydrogen) atoms. The Labute approximate surface area is 188 Å². The smallest absolute Gasteiger partial charge is 0.244 e. The number of amides is 1. The lowest BCUT2D eigenvalue weighted by Crippen LogP contribution is -2.50. The first-order valence-corrected chi connectivity index (χ1v) is 11.8. The average molecular weight is 451 g/mol. The van der Waals surface area contributed by atoms with Gasteiger partial charge in [-0.3, -0.25) is 4.79 Å². The van der Waals surface area contributed by atoms with E-state index < -0.39 is 16.1 Å². The fraction of sp³-hybridized carbons (Fsp3) is 0.240. The third-order valence-electron chi connectivity index (χ3n) is 5.95. The second-order valence-electron chi connectivity index (χ2n) is 8.00. The van der Waals surface area contributed by atoms with Gasteiger partial charge in [0.05, 0.1) is 12.0 Å². The SMILES string of the molecule is COc1ccc(S(=O)(=O)N2Cc3ccccc3C[C@@H]2C(=O)Nc2ccc(C)c(C)c2)cc1. The van der Waals surface area contributed by atoms with Gasteiger partial charge in [-0.2, -0.15) is 4.31 Å². The van der Waals surface area contributed by atoms with Gasteiger partial charge in [0.25, 0.3) is 0 Å². The Morgan fingerprint density at radius 3 is 2.31 bits per heavy atom. The number of nitrogens with zero attached hydrogens (tertiary/aromatic N) is 1. The molecule has 0 unspecified atom stereocenters. The number of benzene rings is 3. The number of fused-ring (bicyclic) bond motifs is 1. The summed E-state index contributed by atoms with van der Waals surface area (Å²) in [5.41, 5.74) is 4.71. The molecule has 1 aliphatic rings. The van der Waals surface area contributed by atoms with E-state index in [0.717, 1.165) is 22.3 Å². The Kier molecular flexibility index (Phi) is 6.04. The molecule has 3 aromatic rings. The van der Waals surface area contributed by atoms with E-state index in [0.29, 0.717) is 17.9 Å². The molecule has 0 aliphatic carbocycles. The van der Waals surface area contributed by atoms with Crippen LogP contribution in [0.15, 0.2) is 71.6 Å². The molecule has 1 amide bonds. The molecule has 0 saturated carbocycles. The van der Waals surface area contributed by atoms with Crippen molar-refractivity contribution in [2.45, 2.75) is 37.8 Å². The molecular formula is C25H26N2O4S. The van der Waals surface area contributed by atoms with Crippen LogP contribution in [0.25, 0.3) is 0 Å². The minimum absolute atomic E-state index is 0.127. The lowest BCUT2D eigenvalue weighted by atomic mass is 9.95. The number of carbonyl (C=O) groups excluding carboxylic acids is 1. The summed E-state index contributed by atoms with van der Waals surface area (Å²) in [6, 6.07) is 18.7. The van der Waals surface area contributed by atoms with Crippen molar-refractivity contribution in [3.05, 3.63) is 89.0 Å². The summed E-state index contributed by atoms with van der Waals surface area (Å²) >= 11 is 0. The highest BCUT2D eigenvalue weighted by Gasteiger charge is 2.39. The number of aryl methyl sites for hydroxylation is 2. The molecule has 0 fully saturated rings. The molecule has 1 heterocycles.